The van der Waals surface area contributed by atoms with Crippen molar-refractivity contribution in [1.82, 2.24) is 5.32 Å². The molecule has 1 fully saturated rings. The van der Waals surface area contributed by atoms with Crippen molar-refractivity contribution in [2.45, 2.75) is 24.3 Å². The first-order valence-corrected chi connectivity index (χ1v) is 6.19. The van der Waals surface area contributed by atoms with Crippen LogP contribution in [0.15, 0.2) is 0 Å². The molecule has 0 aromatic rings. The van der Waals surface area contributed by atoms with Crippen molar-refractivity contribution in [1.29, 1.82) is 0 Å². The highest BCUT2D eigenvalue weighted by molar-refractivity contribution is 8.14. The number of carbonyl (C=O) groups excluding carboxylic acids is 1. The molecule has 1 N–H and O–H groups in total. The van der Waals surface area contributed by atoms with E-state index in [2.05, 4.69) is 10.1 Å². The van der Waals surface area contributed by atoms with Crippen LogP contribution in [0.3, 0.4) is 0 Å². The van der Waals surface area contributed by atoms with Crippen molar-refractivity contribution in [3.8, 4) is 0 Å². The van der Waals surface area contributed by atoms with Gasteiger partial charge in [-0.1, -0.05) is 0 Å². The first kappa shape index (κ1) is 10.7. The molecule has 2 unspecified atom stereocenters. The third-order valence-electron chi connectivity index (χ3n) is 1.89. The minimum atomic E-state index is -3.85. The number of nitrogens with one attached hydrogen (secondary N) is 1. The number of hydrogen-bond acceptors (Lipinski definition) is 5. The van der Waals surface area contributed by atoms with Crippen LogP contribution in [-0.4, -0.2) is 32.9 Å². The van der Waals surface area contributed by atoms with E-state index in [1.807, 2.05) is 0 Å². The first-order chi connectivity index (χ1) is 6.05. The molecule has 0 saturated carbocycles. The second-order valence-corrected chi connectivity index (χ2v) is 5.49. The highest BCUT2D eigenvalue weighted by Crippen LogP contribution is 2.19. The minimum Gasteiger partial charge on any atom is -0.445 e. The van der Waals surface area contributed by atoms with Gasteiger partial charge in [0, 0.05) is 10.7 Å². The second-order valence-electron chi connectivity index (χ2n) is 2.78. The summed E-state index contributed by atoms with van der Waals surface area (Å²) in [5, 5.41) is 2.90. The van der Waals surface area contributed by atoms with E-state index in [1.165, 1.54) is 0 Å². The summed E-state index contributed by atoms with van der Waals surface area (Å²) in [6.07, 6.45) is 1.50. The lowest BCUT2D eigenvalue weighted by Gasteiger charge is -2.18. The molecule has 7 heteroatoms. The molecule has 1 rings (SSSR count). The average Bonchev–Trinajstić information content (AvgIpc) is 2.49. The molecule has 0 aromatic carbocycles. The van der Waals surface area contributed by atoms with Crippen molar-refractivity contribution in [3.05, 3.63) is 0 Å². The molecule has 0 spiro atoms. The third-order valence-corrected chi connectivity index (χ3v) is 3.42. The van der Waals surface area contributed by atoms with Crippen LogP contribution in [0.2, 0.25) is 0 Å². The number of rotatable bonds is 4. The second kappa shape index (κ2) is 4.26. The Morgan fingerprint density at radius 1 is 1.62 bits per heavy atom. The monoisotopic (exact) mass is 227 g/mol. The van der Waals surface area contributed by atoms with Gasteiger partial charge >= 0.3 is 0 Å². The quantitative estimate of drug-likeness (QED) is 0.532. The SMILES string of the molecule is O=COC(C1CCCN1)S(=O)(=O)Cl. The first-order valence-electron chi connectivity index (χ1n) is 3.81. The maximum absolute atomic E-state index is 10.9. The number of carbonyl (C=O) groups is 1. The van der Waals surface area contributed by atoms with Crippen LogP contribution in [0.4, 0.5) is 0 Å². The Morgan fingerprint density at radius 3 is 2.69 bits per heavy atom. The van der Waals surface area contributed by atoms with Gasteiger partial charge in [0.05, 0.1) is 6.04 Å². The van der Waals surface area contributed by atoms with Gasteiger partial charge < -0.3 is 10.1 Å². The normalized spacial score (nSPS) is 25.5. The zero-order chi connectivity index (χ0) is 9.90. The van der Waals surface area contributed by atoms with Crippen molar-refractivity contribution in [3.63, 3.8) is 0 Å². The van der Waals surface area contributed by atoms with Gasteiger partial charge in [-0.25, -0.2) is 8.42 Å². The molecule has 1 aliphatic rings. The van der Waals surface area contributed by atoms with Crippen LogP contribution in [0, 0.1) is 0 Å². The summed E-state index contributed by atoms with van der Waals surface area (Å²) in [7, 11) is 1.25. The molecule has 0 radical (unpaired) electrons. The summed E-state index contributed by atoms with van der Waals surface area (Å²) in [4.78, 5) is 10.0. The van der Waals surface area contributed by atoms with E-state index in [-0.39, 0.29) is 12.5 Å². The smallest absolute Gasteiger partial charge is 0.294 e. The average molecular weight is 228 g/mol. The van der Waals surface area contributed by atoms with E-state index in [0.717, 1.165) is 13.0 Å². The fourth-order valence-corrected chi connectivity index (χ4v) is 2.66. The molecule has 0 bridgehead atoms. The van der Waals surface area contributed by atoms with Gasteiger partial charge in [0.1, 0.15) is 0 Å². The Kier molecular flexibility index (Phi) is 3.52. The van der Waals surface area contributed by atoms with E-state index < -0.39 is 14.5 Å². The summed E-state index contributed by atoms with van der Waals surface area (Å²) < 4.78 is 26.3. The van der Waals surface area contributed by atoms with Gasteiger partial charge in [-0.15, -0.1) is 0 Å². The Morgan fingerprint density at radius 2 is 2.31 bits per heavy atom. The fourth-order valence-electron chi connectivity index (χ4n) is 1.36. The predicted octanol–water partition coefficient (Wildman–Crippen LogP) is -0.194. The molecule has 0 amide bonds. The Hall–Kier alpha value is -0.330. The van der Waals surface area contributed by atoms with Gasteiger partial charge in [-0.05, 0) is 19.4 Å². The highest BCUT2D eigenvalue weighted by Gasteiger charge is 2.35. The minimum absolute atomic E-state index is 0.102. The molecule has 1 heterocycles. The largest absolute Gasteiger partial charge is 0.445 e. The van der Waals surface area contributed by atoms with Gasteiger partial charge in [0.2, 0.25) is 5.44 Å². The van der Waals surface area contributed by atoms with Gasteiger partial charge in [0.25, 0.3) is 15.5 Å². The number of halogens is 1. The molecule has 1 saturated heterocycles. The zero-order valence-electron chi connectivity index (χ0n) is 6.77. The molecule has 1 aliphatic heterocycles. The molecule has 76 valence electrons. The van der Waals surface area contributed by atoms with E-state index in [4.69, 9.17) is 10.7 Å². The molecular weight excluding hydrogens is 218 g/mol. The molecule has 2 atom stereocenters. The van der Waals surface area contributed by atoms with Crippen LogP contribution < -0.4 is 5.32 Å². The Bertz CT molecular complexity index is 272. The summed E-state index contributed by atoms with van der Waals surface area (Å²) in [6, 6.07) is -0.382. The lowest BCUT2D eigenvalue weighted by atomic mass is 10.2. The van der Waals surface area contributed by atoms with Crippen molar-refractivity contribution < 1.29 is 17.9 Å². The fraction of sp³-hybridized carbons (Fsp3) is 0.833. The van der Waals surface area contributed by atoms with Crippen molar-refractivity contribution in [2.24, 2.45) is 0 Å². The van der Waals surface area contributed by atoms with Crippen molar-refractivity contribution in [2.75, 3.05) is 6.54 Å². The number of hydrogen-bond donors (Lipinski definition) is 1. The maximum atomic E-state index is 10.9. The van der Waals surface area contributed by atoms with E-state index in [1.54, 1.807) is 0 Å². The van der Waals surface area contributed by atoms with Gasteiger partial charge in [-0.3, -0.25) is 4.79 Å². The number of ether oxygens (including phenoxy) is 1. The Labute approximate surface area is 80.8 Å². The standard InChI is InChI=1S/C6H10ClNO4S/c7-13(10,11)6(12-4-9)5-2-1-3-8-5/h4-6,8H,1-3H2. The lowest BCUT2D eigenvalue weighted by Crippen LogP contribution is -2.40. The summed E-state index contributed by atoms with van der Waals surface area (Å²) in [5.41, 5.74) is -1.27. The van der Waals surface area contributed by atoms with Gasteiger partial charge in [-0.2, -0.15) is 0 Å². The molecule has 0 aliphatic carbocycles. The summed E-state index contributed by atoms with van der Waals surface area (Å²) in [5.74, 6) is 0. The molecular formula is C6H10ClNO4S. The summed E-state index contributed by atoms with van der Waals surface area (Å²) >= 11 is 0. The van der Waals surface area contributed by atoms with E-state index >= 15 is 0 Å². The lowest BCUT2D eigenvalue weighted by molar-refractivity contribution is -0.131. The van der Waals surface area contributed by atoms with Crippen LogP contribution in [0.1, 0.15) is 12.8 Å². The Balaban J connectivity index is 2.72. The van der Waals surface area contributed by atoms with Crippen LogP contribution >= 0.6 is 10.7 Å². The topological polar surface area (TPSA) is 72.5 Å². The molecule has 13 heavy (non-hydrogen) atoms. The van der Waals surface area contributed by atoms with Crippen LogP contribution in [0.25, 0.3) is 0 Å². The molecule has 5 nitrogen and oxygen atoms in total. The van der Waals surface area contributed by atoms with Crippen LogP contribution in [-0.2, 0) is 18.6 Å². The maximum Gasteiger partial charge on any atom is 0.294 e. The zero-order valence-corrected chi connectivity index (χ0v) is 8.35. The third kappa shape index (κ3) is 2.82. The van der Waals surface area contributed by atoms with E-state index in [0.29, 0.717) is 6.42 Å². The highest BCUT2D eigenvalue weighted by atomic mass is 35.7. The van der Waals surface area contributed by atoms with Gasteiger partial charge in [0.15, 0.2) is 0 Å². The predicted molar refractivity (Wildman–Crippen MR) is 46.7 cm³/mol. The van der Waals surface area contributed by atoms with Crippen molar-refractivity contribution >= 4 is 26.2 Å². The molecule has 0 aromatic heterocycles. The van der Waals surface area contributed by atoms with Crippen LogP contribution in [0.5, 0.6) is 0 Å². The van der Waals surface area contributed by atoms with E-state index in [9.17, 15) is 13.2 Å². The summed E-state index contributed by atoms with van der Waals surface area (Å²) in [6.45, 7) is 0.820.